The lowest BCUT2D eigenvalue weighted by Gasteiger charge is -2.19. The van der Waals surface area contributed by atoms with Crippen molar-refractivity contribution in [3.05, 3.63) is 54.1 Å². The third-order valence-corrected chi connectivity index (χ3v) is 3.92. The van der Waals surface area contributed by atoms with Gasteiger partial charge in [0.15, 0.2) is 0 Å². The van der Waals surface area contributed by atoms with Crippen molar-refractivity contribution in [2.45, 2.75) is 39.0 Å². The highest BCUT2D eigenvalue weighted by Crippen LogP contribution is 2.25. The Hall–Kier alpha value is -2.49. The van der Waals surface area contributed by atoms with E-state index in [0.29, 0.717) is 30.9 Å². The first-order valence-electron chi connectivity index (χ1n) is 8.56. The number of methoxy groups -OCH3 is 1. The molecule has 4 heteroatoms. The Morgan fingerprint density at radius 3 is 2.36 bits per heavy atom. The number of para-hydroxylation sites is 2. The van der Waals surface area contributed by atoms with E-state index in [4.69, 9.17) is 9.47 Å². The highest BCUT2D eigenvalue weighted by Gasteiger charge is 2.13. The number of carbonyl (C=O) groups is 1. The number of nitrogens with one attached hydrogen (secondary N) is 1. The highest BCUT2D eigenvalue weighted by atomic mass is 16.5. The molecule has 0 saturated heterocycles. The average Bonchev–Trinajstić information content (AvgIpc) is 2.59. The monoisotopic (exact) mass is 341 g/mol. The topological polar surface area (TPSA) is 47.6 Å². The lowest BCUT2D eigenvalue weighted by molar-refractivity contribution is -0.116. The van der Waals surface area contributed by atoms with Crippen molar-refractivity contribution in [3.63, 3.8) is 0 Å². The van der Waals surface area contributed by atoms with Gasteiger partial charge in [0.2, 0.25) is 5.91 Å². The predicted octanol–water partition coefficient (Wildman–Crippen LogP) is 4.79. The maximum absolute atomic E-state index is 12.0. The Morgan fingerprint density at radius 1 is 1.04 bits per heavy atom. The van der Waals surface area contributed by atoms with E-state index in [-0.39, 0.29) is 11.3 Å². The second kappa shape index (κ2) is 8.56. The molecule has 0 aliphatic carbocycles. The number of amides is 1. The molecule has 0 aliphatic rings. The maximum atomic E-state index is 12.0. The molecule has 0 spiro atoms. The standard InChI is InChI=1S/C21H27NO3/c1-21(2,3)16-11-13-17(14-12-16)25-15-7-10-20(23)22-18-8-5-6-9-19(18)24-4/h5-6,8-9,11-14H,7,10,15H2,1-4H3,(H,22,23). The number of hydrogen-bond acceptors (Lipinski definition) is 3. The first-order chi connectivity index (χ1) is 11.9. The molecular weight excluding hydrogens is 314 g/mol. The molecular formula is C21H27NO3. The van der Waals surface area contributed by atoms with Gasteiger partial charge in [-0.05, 0) is 41.7 Å². The summed E-state index contributed by atoms with van der Waals surface area (Å²) in [6, 6.07) is 15.5. The van der Waals surface area contributed by atoms with Crippen LogP contribution in [0.1, 0.15) is 39.2 Å². The van der Waals surface area contributed by atoms with E-state index in [1.165, 1.54) is 5.56 Å². The summed E-state index contributed by atoms with van der Waals surface area (Å²) in [5, 5.41) is 2.86. The molecule has 0 atom stereocenters. The normalized spacial score (nSPS) is 11.0. The maximum Gasteiger partial charge on any atom is 0.224 e. The molecule has 25 heavy (non-hydrogen) atoms. The third-order valence-electron chi connectivity index (χ3n) is 3.92. The summed E-state index contributed by atoms with van der Waals surface area (Å²) in [4.78, 5) is 12.0. The molecule has 0 bridgehead atoms. The highest BCUT2D eigenvalue weighted by molar-refractivity contribution is 5.92. The van der Waals surface area contributed by atoms with Crippen molar-refractivity contribution in [1.82, 2.24) is 0 Å². The van der Waals surface area contributed by atoms with Crippen LogP contribution in [-0.2, 0) is 10.2 Å². The lowest BCUT2D eigenvalue weighted by atomic mass is 9.87. The minimum Gasteiger partial charge on any atom is -0.495 e. The molecule has 0 unspecified atom stereocenters. The number of anilines is 1. The predicted molar refractivity (Wildman–Crippen MR) is 101 cm³/mol. The largest absolute Gasteiger partial charge is 0.495 e. The Bertz CT molecular complexity index is 687. The van der Waals surface area contributed by atoms with Crippen molar-refractivity contribution in [2.24, 2.45) is 0 Å². The van der Waals surface area contributed by atoms with Crippen LogP contribution in [-0.4, -0.2) is 19.6 Å². The molecule has 2 aromatic carbocycles. The molecule has 0 aliphatic heterocycles. The van der Waals surface area contributed by atoms with Gasteiger partial charge in [0.05, 0.1) is 19.4 Å². The van der Waals surface area contributed by atoms with Crippen LogP contribution in [0.3, 0.4) is 0 Å². The van der Waals surface area contributed by atoms with Crippen molar-refractivity contribution in [1.29, 1.82) is 0 Å². The van der Waals surface area contributed by atoms with Crippen LogP contribution < -0.4 is 14.8 Å². The van der Waals surface area contributed by atoms with E-state index in [1.54, 1.807) is 7.11 Å². The van der Waals surface area contributed by atoms with Gasteiger partial charge >= 0.3 is 0 Å². The Morgan fingerprint density at radius 2 is 1.72 bits per heavy atom. The van der Waals surface area contributed by atoms with Crippen LogP contribution in [0.4, 0.5) is 5.69 Å². The van der Waals surface area contributed by atoms with Crippen LogP contribution in [0.15, 0.2) is 48.5 Å². The van der Waals surface area contributed by atoms with Gasteiger partial charge in [-0.1, -0.05) is 45.0 Å². The van der Waals surface area contributed by atoms with E-state index in [1.807, 2.05) is 36.4 Å². The Kier molecular flexibility index (Phi) is 6.45. The fourth-order valence-electron chi connectivity index (χ4n) is 2.43. The number of hydrogen-bond donors (Lipinski definition) is 1. The number of carbonyl (C=O) groups excluding carboxylic acids is 1. The van der Waals surface area contributed by atoms with Crippen molar-refractivity contribution in [2.75, 3.05) is 19.0 Å². The quantitative estimate of drug-likeness (QED) is 0.737. The number of benzene rings is 2. The van der Waals surface area contributed by atoms with Crippen LogP contribution >= 0.6 is 0 Å². The molecule has 0 radical (unpaired) electrons. The fourth-order valence-corrected chi connectivity index (χ4v) is 2.43. The molecule has 2 rings (SSSR count). The second-order valence-electron chi connectivity index (χ2n) is 6.97. The average molecular weight is 341 g/mol. The third kappa shape index (κ3) is 5.82. The molecule has 0 heterocycles. The van der Waals surface area contributed by atoms with Crippen molar-refractivity contribution in [3.8, 4) is 11.5 Å². The summed E-state index contributed by atoms with van der Waals surface area (Å²) in [5.74, 6) is 1.44. The molecule has 0 fully saturated rings. The Balaban J connectivity index is 1.74. The second-order valence-corrected chi connectivity index (χ2v) is 6.97. The summed E-state index contributed by atoms with van der Waals surface area (Å²) < 4.78 is 10.9. The molecule has 134 valence electrons. The van der Waals surface area contributed by atoms with Gasteiger partial charge in [-0.25, -0.2) is 0 Å². The lowest BCUT2D eigenvalue weighted by Crippen LogP contribution is -2.13. The van der Waals surface area contributed by atoms with Gasteiger partial charge < -0.3 is 14.8 Å². The fraction of sp³-hybridized carbons (Fsp3) is 0.381. The Labute approximate surface area is 150 Å². The molecule has 1 amide bonds. The van der Waals surface area contributed by atoms with Gasteiger partial charge in [0, 0.05) is 6.42 Å². The summed E-state index contributed by atoms with van der Waals surface area (Å²) in [5.41, 5.74) is 2.10. The molecule has 4 nitrogen and oxygen atoms in total. The first-order valence-corrected chi connectivity index (χ1v) is 8.56. The van der Waals surface area contributed by atoms with E-state index in [9.17, 15) is 4.79 Å². The van der Waals surface area contributed by atoms with Gasteiger partial charge in [0.1, 0.15) is 11.5 Å². The summed E-state index contributed by atoms with van der Waals surface area (Å²) in [7, 11) is 1.59. The first kappa shape index (κ1) is 18.8. The van der Waals surface area contributed by atoms with E-state index in [0.717, 1.165) is 5.75 Å². The van der Waals surface area contributed by atoms with Crippen LogP contribution in [0, 0.1) is 0 Å². The van der Waals surface area contributed by atoms with E-state index < -0.39 is 0 Å². The van der Waals surface area contributed by atoms with Gasteiger partial charge in [-0.2, -0.15) is 0 Å². The minimum atomic E-state index is -0.0452. The minimum absolute atomic E-state index is 0.0452. The molecule has 2 aromatic rings. The number of ether oxygens (including phenoxy) is 2. The van der Waals surface area contributed by atoms with Gasteiger partial charge in [0.25, 0.3) is 0 Å². The van der Waals surface area contributed by atoms with Gasteiger partial charge in [-0.3, -0.25) is 4.79 Å². The van der Waals surface area contributed by atoms with Gasteiger partial charge in [-0.15, -0.1) is 0 Å². The number of rotatable bonds is 7. The van der Waals surface area contributed by atoms with Crippen LogP contribution in [0.5, 0.6) is 11.5 Å². The summed E-state index contributed by atoms with van der Waals surface area (Å²) in [6.07, 6.45) is 1.06. The van der Waals surface area contributed by atoms with Crippen molar-refractivity contribution >= 4 is 11.6 Å². The van der Waals surface area contributed by atoms with Crippen LogP contribution in [0.25, 0.3) is 0 Å². The SMILES string of the molecule is COc1ccccc1NC(=O)CCCOc1ccc(C(C)(C)C)cc1. The molecule has 0 aromatic heterocycles. The molecule has 0 saturated carbocycles. The van der Waals surface area contributed by atoms with E-state index >= 15 is 0 Å². The van der Waals surface area contributed by atoms with Crippen molar-refractivity contribution < 1.29 is 14.3 Å². The van der Waals surface area contributed by atoms with E-state index in [2.05, 4.69) is 38.2 Å². The van der Waals surface area contributed by atoms with Crippen LogP contribution in [0.2, 0.25) is 0 Å². The molecule has 1 N–H and O–H groups in total. The zero-order chi connectivity index (χ0) is 18.3. The smallest absolute Gasteiger partial charge is 0.224 e. The zero-order valence-electron chi connectivity index (χ0n) is 15.5. The zero-order valence-corrected chi connectivity index (χ0v) is 15.5. The summed E-state index contributed by atoms with van der Waals surface area (Å²) >= 11 is 0. The summed E-state index contributed by atoms with van der Waals surface area (Å²) in [6.45, 7) is 7.06.